The lowest BCUT2D eigenvalue weighted by molar-refractivity contribution is -0.135. The highest BCUT2D eigenvalue weighted by Crippen LogP contribution is 2.34. The molecule has 2 amide bonds. The molecule has 0 aliphatic carbocycles. The Morgan fingerprint density at radius 1 is 0.964 bits per heavy atom. The number of amides is 2. The molecule has 3 aliphatic heterocycles. The predicted molar refractivity (Wildman–Crippen MR) is 213 cm³/mol. The van der Waals surface area contributed by atoms with Crippen LogP contribution in [0.15, 0.2) is 65.7 Å². The number of nitrogens with zero attached hydrogens (tertiary/aromatic N) is 9. The largest absolute Gasteiger partial charge is 0.507 e. The molecule has 8 rings (SSSR count). The summed E-state index contributed by atoms with van der Waals surface area (Å²) in [5.74, 6) is 7.31. The van der Waals surface area contributed by atoms with Gasteiger partial charge in [0.2, 0.25) is 17.8 Å². The molecule has 0 saturated carbocycles. The van der Waals surface area contributed by atoms with Crippen molar-refractivity contribution in [2.24, 2.45) is 7.05 Å². The molecule has 0 radical (unpaired) electrons. The third-order valence-electron chi connectivity index (χ3n) is 11.3. The standard InChI is InChI=1S/C41H45N11O4/c1-25-22-50(34-19-31(46-47-38(34)42)30-12-4-5-14-35(30)53)23-26(2)51(25)40-43-20-29(21-44-40)28-11-8-18-49(24-28)17-7-10-27-9-6-13-32-37(27)48(3)41(56)52(32)33-15-16-36(54)45-39(33)55/h4-6,9,12-14,19-21,25-26,28,33,53H,8,11,15-18,22-24H2,1-3H3,(H2,42,47)(H,45,54,55). The molecule has 56 heavy (non-hydrogen) atoms. The number of aryl methyl sites for hydroxylation is 1. The summed E-state index contributed by atoms with van der Waals surface area (Å²) in [6, 6.07) is 13.9. The fraction of sp³-hybridized carbons (Fsp3) is 0.390. The number of nitrogen functional groups attached to an aromatic ring is 1. The molecule has 5 aromatic rings. The van der Waals surface area contributed by atoms with E-state index in [9.17, 15) is 19.5 Å². The minimum atomic E-state index is -0.741. The van der Waals surface area contributed by atoms with Gasteiger partial charge in [-0.2, -0.15) is 0 Å². The number of carbonyl (C=O) groups is 2. The first-order valence-corrected chi connectivity index (χ1v) is 19.1. The van der Waals surface area contributed by atoms with Crippen molar-refractivity contribution in [3.63, 3.8) is 0 Å². The number of hydrogen-bond acceptors (Lipinski definition) is 12. The van der Waals surface area contributed by atoms with E-state index in [0.29, 0.717) is 59.3 Å². The number of phenolic OH excluding ortho intramolecular Hbond substituents is 1. The van der Waals surface area contributed by atoms with Crippen LogP contribution in [0.25, 0.3) is 22.3 Å². The van der Waals surface area contributed by atoms with Gasteiger partial charge < -0.3 is 20.6 Å². The van der Waals surface area contributed by atoms with Gasteiger partial charge in [0, 0.05) is 63.1 Å². The van der Waals surface area contributed by atoms with Crippen LogP contribution in [0, 0.1) is 11.8 Å². The van der Waals surface area contributed by atoms with Crippen molar-refractivity contribution in [1.29, 1.82) is 0 Å². The molecule has 4 N–H and O–H groups in total. The summed E-state index contributed by atoms with van der Waals surface area (Å²) >= 11 is 0. The molecular formula is C41H45N11O4. The molecule has 0 spiro atoms. The lowest BCUT2D eigenvalue weighted by atomic mass is 9.92. The van der Waals surface area contributed by atoms with Crippen LogP contribution in [0.4, 0.5) is 17.5 Å². The number of imidazole rings is 1. The van der Waals surface area contributed by atoms with Gasteiger partial charge in [0.1, 0.15) is 11.8 Å². The van der Waals surface area contributed by atoms with Crippen LogP contribution in [0.5, 0.6) is 5.75 Å². The SMILES string of the molecule is CC1CN(c2cc(-c3ccccc3O)nnc2N)CC(C)N1c1ncc(C2CCCN(CC#Cc3cccc4c3n(C)c(=O)n4C3CCC(=O)NC3=O)C2)cn1. The summed E-state index contributed by atoms with van der Waals surface area (Å²) in [6.07, 6.45) is 6.47. The number of imide groups is 1. The Hall–Kier alpha value is -6.27. The van der Waals surface area contributed by atoms with Gasteiger partial charge in [0.05, 0.1) is 34.5 Å². The number of nitrogens with one attached hydrogen (secondary N) is 1. The van der Waals surface area contributed by atoms with Crippen molar-refractivity contribution in [3.8, 4) is 28.8 Å². The normalized spacial score (nSPS) is 21.8. The van der Waals surface area contributed by atoms with Crippen LogP contribution in [0.2, 0.25) is 0 Å². The van der Waals surface area contributed by atoms with E-state index in [4.69, 9.17) is 15.7 Å². The van der Waals surface area contributed by atoms with Gasteiger partial charge in [-0.25, -0.2) is 14.8 Å². The van der Waals surface area contributed by atoms with Crippen LogP contribution in [-0.2, 0) is 16.6 Å². The molecule has 0 bridgehead atoms. The van der Waals surface area contributed by atoms with Crippen LogP contribution >= 0.6 is 0 Å². The minimum Gasteiger partial charge on any atom is -0.507 e. The second kappa shape index (κ2) is 15.1. The molecule has 2 aromatic carbocycles. The van der Waals surface area contributed by atoms with Crippen molar-refractivity contribution in [3.05, 3.63) is 82.5 Å². The number of aromatic nitrogens is 6. The van der Waals surface area contributed by atoms with E-state index in [-0.39, 0.29) is 48.2 Å². The minimum absolute atomic E-state index is 0.0822. The zero-order valence-corrected chi connectivity index (χ0v) is 31.7. The molecule has 15 nitrogen and oxygen atoms in total. The fourth-order valence-corrected chi connectivity index (χ4v) is 8.54. The van der Waals surface area contributed by atoms with Crippen molar-refractivity contribution in [1.82, 2.24) is 39.5 Å². The summed E-state index contributed by atoms with van der Waals surface area (Å²) < 4.78 is 3.02. The molecule has 3 aliphatic rings. The number of carbonyl (C=O) groups excluding carboxylic acids is 2. The van der Waals surface area contributed by atoms with Gasteiger partial charge in [0.25, 0.3) is 0 Å². The van der Waals surface area contributed by atoms with Gasteiger partial charge in [-0.3, -0.25) is 28.9 Å². The second-order valence-corrected chi connectivity index (χ2v) is 15.1. The number of piperazine rings is 1. The molecule has 288 valence electrons. The van der Waals surface area contributed by atoms with E-state index < -0.39 is 11.9 Å². The van der Waals surface area contributed by atoms with Gasteiger partial charge in [-0.05, 0) is 81.5 Å². The number of aromatic hydroxyl groups is 1. The molecule has 4 unspecified atom stereocenters. The van der Waals surface area contributed by atoms with Gasteiger partial charge in [-0.15, -0.1) is 10.2 Å². The third kappa shape index (κ3) is 6.92. The van der Waals surface area contributed by atoms with Gasteiger partial charge in [-0.1, -0.05) is 30.0 Å². The summed E-state index contributed by atoms with van der Waals surface area (Å²) in [5, 5.41) is 21.2. The Balaban J connectivity index is 0.923. The summed E-state index contributed by atoms with van der Waals surface area (Å²) in [7, 11) is 1.69. The van der Waals surface area contributed by atoms with Crippen molar-refractivity contribution >= 4 is 40.3 Å². The Bertz CT molecular complexity index is 2420. The first-order chi connectivity index (χ1) is 27.1. The van der Waals surface area contributed by atoms with Crippen molar-refractivity contribution < 1.29 is 14.7 Å². The zero-order valence-electron chi connectivity index (χ0n) is 31.7. The molecule has 3 fully saturated rings. The van der Waals surface area contributed by atoms with Crippen LogP contribution in [0.3, 0.4) is 0 Å². The third-order valence-corrected chi connectivity index (χ3v) is 11.3. The maximum absolute atomic E-state index is 13.3. The molecular weight excluding hydrogens is 711 g/mol. The van der Waals surface area contributed by atoms with Crippen LogP contribution in [0.1, 0.15) is 62.6 Å². The Labute approximate surface area is 324 Å². The van der Waals surface area contributed by atoms with Crippen LogP contribution in [-0.4, -0.2) is 95.9 Å². The van der Waals surface area contributed by atoms with E-state index in [1.807, 2.05) is 48.8 Å². The van der Waals surface area contributed by atoms with Crippen molar-refractivity contribution in [2.75, 3.05) is 48.3 Å². The summed E-state index contributed by atoms with van der Waals surface area (Å²) in [4.78, 5) is 54.3. The Kier molecular flexibility index (Phi) is 9.90. The molecule has 15 heteroatoms. The zero-order chi connectivity index (χ0) is 39.1. The Morgan fingerprint density at radius 2 is 1.73 bits per heavy atom. The number of nitrogens with two attached hydrogens (primary N) is 1. The van der Waals surface area contributed by atoms with E-state index in [2.05, 4.69) is 55.9 Å². The average molecular weight is 756 g/mol. The number of likely N-dealkylation sites (tertiary alicyclic amines) is 1. The average Bonchev–Trinajstić information content (AvgIpc) is 3.44. The van der Waals surface area contributed by atoms with Gasteiger partial charge in [0.15, 0.2) is 5.82 Å². The number of anilines is 3. The van der Waals surface area contributed by atoms with E-state index in [0.717, 1.165) is 37.2 Å². The van der Waals surface area contributed by atoms with Gasteiger partial charge >= 0.3 is 5.69 Å². The molecule has 3 aromatic heterocycles. The number of benzene rings is 2. The molecule has 6 heterocycles. The summed E-state index contributed by atoms with van der Waals surface area (Å²) in [6.45, 7) is 8.01. The fourth-order valence-electron chi connectivity index (χ4n) is 8.54. The van der Waals surface area contributed by atoms with E-state index in [1.165, 1.54) is 9.13 Å². The van der Waals surface area contributed by atoms with Crippen LogP contribution < -0.4 is 26.5 Å². The highest BCUT2D eigenvalue weighted by atomic mass is 16.3. The second-order valence-electron chi connectivity index (χ2n) is 15.1. The molecule has 4 atom stereocenters. The molecule has 3 saturated heterocycles. The quantitative estimate of drug-likeness (QED) is 0.171. The topological polar surface area (TPSA) is 181 Å². The van der Waals surface area contributed by atoms with E-state index in [1.54, 1.807) is 19.2 Å². The van der Waals surface area contributed by atoms with Crippen molar-refractivity contribution in [2.45, 2.75) is 63.6 Å². The first kappa shape index (κ1) is 36.7. The lowest BCUT2D eigenvalue weighted by Gasteiger charge is -2.45. The first-order valence-electron chi connectivity index (χ1n) is 19.1. The highest BCUT2D eigenvalue weighted by molar-refractivity contribution is 6.00. The number of piperidine rings is 2. The predicted octanol–water partition coefficient (Wildman–Crippen LogP) is 3.19. The smallest absolute Gasteiger partial charge is 0.329 e. The lowest BCUT2D eigenvalue weighted by Crippen LogP contribution is -2.57. The number of hydrogen-bond donors (Lipinski definition) is 3. The highest BCUT2D eigenvalue weighted by Gasteiger charge is 2.34. The number of rotatable bonds is 6. The maximum Gasteiger partial charge on any atom is 0.329 e. The van der Waals surface area contributed by atoms with E-state index >= 15 is 0 Å². The number of fused-ring (bicyclic) bond motifs is 1. The summed E-state index contributed by atoms with van der Waals surface area (Å²) in [5.41, 5.74) is 11.1. The Morgan fingerprint density at radius 3 is 2.48 bits per heavy atom. The monoisotopic (exact) mass is 755 g/mol. The number of para-hydroxylation sites is 2. The maximum atomic E-state index is 13.3. The number of phenols is 1.